The number of fused-ring (bicyclic) bond motifs is 1. The Morgan fingerprint density at radius 3 is 2.76 bits per heavy atom. The molecule has 0 spiro atoms. The van der Waals surface area contributed by atoms with Crippen molar-refractivity contribution < 1.29 is 4.79 Å². The summed E-state index contributed by atoms with van der Waals surface area (Å²) in [5.74, 6) is 0.546. The van der Waals surface area contributed by atoms with E-state index >= 15 is 0 Å². The zero-order chi connectivity index (χ0) is 18.1. The molecule has 25 heavy (non-hydrogen) atoms. The lowest BCUT2D eigenvalue weighted by atomic mass is 9.78. The number of aromatic nitrogens is 2. The first-order valence-corrected chi connectivity index (χ1v) is 9.75. The monoisotopic (exact) mass is 359 g/mol. The molecule has 1 fully saturated rings. The van der Waals surface area contributed by atoms with E-state index in [1.165, 1.54) is 18.2 Å². The summed E-state index contributed by atoms with van der Waals surface area (Å²) in [7, 11) is 0. The zero-order valence-corrected chi connectivity index (χ0v) is 15.8. The SMILES string of the molecule is C[C@H]1[C@H](n2c(S[C@@H](C)C(N)=O)nc3ccccc3c2=O)CCC[C@@H]1C. The van der Waals surface area contributed by atoms with Crippen molar-refractivity contribution in [2.45, 2.75) is 56.5 Å². The van der Waals surface area contributed by atoms with Gasteiger partial charge in [-0.1, -0.05) is 50.6 Å². The Hall–Kier alpha value is -1.82. The molecule has 0 unspecified atom stereocenters. The van der Waals surface area contributed by atoms with Gasteiger partial charge in [0.1, 0.15) is 0 Å². The quantitative estimate of drug-likeness (QED) is 0.671. The average molecular weight is 359 g/mol. The summed E-state index contributed by atoms with van der Waals surface area (Å²) in [6.45, 7) is 6.21. The van der Waals surface area contributed by atoms with Crippen LogP contribution in [0.2, 0.25) is 0 Å². The van der Waals surface area contributed by atoms with Crippen LogP contribution in [0.4, 0.5) is 0 Å². The van der Waals surface area contributed by atoms with Gasteiger partial charge in [-0.15, -0.1) is 0 Å². The van der Waals surface area contributed by atoms with Gasteiger partial charge in [-0.25, -0.2) is 4.98 Å². The molecule has 1 aromatic heterocycles. The van der Waals surface area contributed by atoms with Gasteiger partial charge in [0.05, 0.1) is 16.2 Å². The van der Waals surface area contributed by atoms with Gasteiger partial charge in [0.25, 0.3) is 5.56 Å². The number of nitrogens with zero attached hydrogens (tertiary/aromatic N) is 2. The van der Waals surface area contributed by atoms with Crippen molar-refractivity contribution in [3.05, 3.63) is 34.6 Å². The van der Waals surface area contributed by atoms with Crippen molar-refractivity contribution in [2.75, 3.05) is 0 Å². The van der Waals surface area contributed by atoms with Crippen LogP contribution in [0.5, 0.6) is 0 Å². The van der Waals surface area contributed by atoms with E-state index in [0.717, 1.165) is 12.8 Å². The second kappa shape index (κ2) is 7.20. The van der Waals surface area contributed by atoms with E-state index in [-0.39, 0.29) is 11.6 Å². The minimum Gasteiger partial charge on any atom is -0.369 e. The number of carbonyl (C=O) groups excluding carboxylic acids is 1. The third-order valence-electron chi connectivity index (χ3n) is 5.45. The molecule has 1 aromatic carbocycles. The smallest absolute Gasteiger partial charge is 0.262 e. The van der Waals surface area contributed by atoms with E-state index in [0.29, 0.717) is 27.9 Å². The van der Waals surface area contributed by atoms with E-state index in [2.05, 4.69) is 13.8 Å². The molecule has 1 saturated carbocycles. The lowest BCUT2D eigenvalue weighted by Gasteiger charge is -2.36. The number of benzene rings is 1. The van der Waals surface area contributed by atoms with Crippen LogP contribution in [0.3, 0.4) is 0 Å². The van der Waals surface area contributed by atoms with E-state index in [9.17, 15) is 9.59 Å². The van der Waals surface area contributed by atoms with Crippen LogP contribution in [0, 0.1) is 11.8 Å². The molecule has 0 saturated heterocycles. The molecule has 4 atom stereocenters. The summed E-state index contributed by atoms with van der Waals surface area (Å²) in [5, 5.41) is 0.792. The molecule has 134 valence electrons. The lowest BCUT2D eigenvalue weighted by Crippen LogP contribution is -2.36. The molecule has 0 aliphatic heterocycles. The van der Waals surface area contributed by atoms with Gasteiger partial charge < -0.3 is 5.73 Å². The van der Waals surface area contributed by atoms with Gasteiger partial charge in [-0.3, -0.25) is 14.2 Å². The summed E-state index contributed by atoms with van der Waals surface area (Å²) in [5.41, 5.74) is 6.09. The fourth-order valence-corrected chi connectivity index (χ4v) is 4.55. The summed E-state index contributed by atoms with van der Waals surface area (Å²) in [6.07, 6.45) is 3.25. The Bertz CT molecular complexity index is 848. The summed E-state index contributed by atoms with van der Waals surface area (Å²) in [4.78, 5) is 29.5. The number of hydrogen-bond donors (Lipinski definition) is 1. The first kappa shape index (κ1) is 18.0. The van der Waals surface area contributed by atoms with Gasteiger partial charge in [0.15, 0.2) is 5.16 Å². The summed E-state index contributed by atoms with van der Waals surface area (Å²) in [6, 6.07) is 7.51. The second-order valence-corrected chi connectivity index (χ2v) is 8.39. The molecule has 5 nitrogen and oxygen atoms in total. The van der Waals surface area contributed by atoms with Crippen LogP contribution in [0.15, 0.2) is 34.2 Å². The molecule has 0 bridgehead atoms. The number of primary amides is 1. The Morgan fingerprint density at radius 1 is 1.32 bits per heavy atom. The fourth-order valence-electron chi connectivity index (χ4n) is 3.64. The first-order valence-electron chi connectivity index (χ1n) is 8.87. The lowest BCUT2D eigenvalue weighted by molar-refractivity contribution is -0.117. The van der Waals surface area contributed by atoms with Crippen molar-refractivity contribution in [3.8, 4) is 0 Å². The largest absolute Gasteiger partial charge is 0.369 e. The van der Waals surface area contributed by atoms with E-state index in [1.807, 2.05) is 28.8 Å². The predicted molar refractivity (Wildman–Crippen MR) is 102 cm³/mol. The fraction of sp³-hybridized carbons (Fsp3) is 0.526. The minimum absolute atomic E-state index is 0.0179. The molecule has 1 aliphatic carbocycles. The number of rotatable bonds is 4. The minimum atomic E-state index is -0.435. The molecule has 0 radical (unpaired) electrons. The second-order valence-electron chi connectivity index (χ2n) is 7.08. The third kappa shape index (κ3) is 3.45. The molecular formula is C19H25N3O2S. The molecule has 2 N–H and O–H groups in total. The van der Waals surface area contributed by atoms with Crippen molar-refractivity contribution in [3.63, 3.8) is 0 Å². The maximum atomic E-state index is 13.2. The topological polar surface area (TPSA) is 78.0 Å². The molecule has 3 rings (SSSR count). The molecule has 1 heterocycles. The highest BCUT2D eigenvalue weighted by molar-refractivity contribution is 8.00. The molecular weight excluding hydrogens is 334 g/mol. The van der Waals surface area contributed by atoms with E-state index < -0.39 is 11.2 Å². The molecule has 1 amide bonds. The van der Waals surface area contributed by atoms with Gasteiger partial charge >= 0.3 is 0 Å². The first-order chi connectivity index (χ1) is 11.9. The zero-order valence-electron chi connectivity index (χ0n) is 14.9. The Balaban J connectivity index is 2.18. The van der Waals surface area contributed by atoms with Gasteiger partial charge in [-0.2, -0.15) is 0 Å². The van der Waals surface area contributed by atoms with Crippen molar-refractivity contribution in [1.82, 2.24) is 9.55 Å². The van der Waals surface area contributed by atoms with Crippen molar-refractivity contribution in [2.24, 2.45) is 17.6 Å². The van der Waals surface area contributed by atoms with Crippen molar-refractivity contribution >= 4 is 28.6 Å². The van der Waals surface area contributed by atoms with Gasteiger partial charge in [-0.05, 0) is 37.3 Å². The average Bonchev–Trinajstić information content (AvgIpc) is 2.58. The number of amides is 1. The predicted octanol–water partition coefficient (Wildman–Crippen LogP) is 3.36. The van der Waals surface area contributed by atoms with Crippen LogP contribution >= 0.6 is 11.8 Å². The van der Waals surface area contributed by atoms with Crippen LogP contribution in [0.1, 0.15) is 46.1 Å². The number of thioether (sulfide) groups is 1. The van der Waals surface area contributed by atoms with Crippen LogP contribution in [-0.2, 0) is 4.79 Å². The van der Waals surface area contributed by atoms with E-state index in [4.69, 9.17) is 10.7 Å². The Kier molecular flexibility index (Phi) is 5.18. The van der Waals surface area contributed by atoms with E-state index in [1.54, 1.807) is 6.92 Å². The number of carbonyl (C=O) groups is 1. The molecule has 2 aromatic rings. The number of hydrogen-bond acceptors (Lipinski definition) is 4. The number of nitrogens with two attached hydrogens (primary N) is 1. The number of para-hydroxylation sites is 1. The Morgan fingerprint density at radius 2 is 2.04 bits per heavy atom. The van der Waals surface area contributed by atoms with Gasteiger partial charge in [0.2, 0.25) is 5.91 Å². The molecule has 6 heteroatoms. The van der Waals surface area contributed by atoms with Crippen molar-refractivity contribution in [1.29, 1.82) is 0 Å². The highest BCUT2D eigenvalue weighted by Crippen LogP contribution is 2.39. The third-order valence-corrected chi connectivity index (χ3v) is 6.54. The highest BCUT2D eigenvalue weighted by atomic mass is 32.2. The Labute approximate surface area is 152 Å². The molecule has 1 aliphatic rings. The summed E-state index contributed by atoms with van der Waals surface area (Å²) < 4.78 is 1.83. The maximum Gasteiger partial charge on any atom is 0.262 e. The normalized spacial score (nSPS) is 25.0. The maximum absolute atomic E-state index is 13.2. The summed E-state index contributed by atoms with van der Waals surface area (Å²) >= 11 is 1.28. The standard InChI is InChI=1S/C19H25N3O2S/c1-11-7-6-10-16(12(11)2)22-18(24)14-8-4-5-9-15(14)21-19(22)25-13(3)17(20)23/h4-5,8-9,11-13,16H,6-7,10H2,1-3H3,(H2,20,23)/t11-,12+,13-,16+/m0/s1. The van der Waals surface area contributed by atoms with Crippen LogP contribution in [0.25, 0.3) is 10.9 Å². The van der Waals surface area contributed by atoms with Crippen LogP contribution in [-0.4, -0.2) is 20.7 Å². The van der Waals surface area contributed by atoms with Crippen LogP contribution < -0.4 is 11.3 Å². The highest BCUT2D eigenvalue weighted by Gasteiger charge is 2.32. The van der Waals surface area contributed by atoms with Gasteiger partial charge in [0, 0.05) is 6.04 Å².